The molecule has 2 aromatic rings. The number of hydrogen-bond acceptors (Lipinski definition) is 4. The molecular weight excluding hydrogens is 278 g/mol. The van der Waals surface area contributed by atoms with E-state index in [2.05, 4.69) is 21.5 Å². The van der Waals surface area contributed by atoms with Crippen LogP contribution < -0.4 is 5.32 Å². The Kier molecular flexibility index (Phi) is 5.48. The topological polar surface area (TPSA) is 37.8 Å². The molecular formula is C14H16ClN3S. The first kappa shape index (κ1) is 14.2. The van der Waals surface area contributed by atoms with Gasteiger partial charge in [-0.1, -0.05) is 23.7 Å². The fourth-order valence-electron chi connectivity index (χ4n) is 1.68. The van der Waals surface area contributed by atoms with Crippen molar-refractivity contribution < 1.29 is 0 Å². The van der Waals surface area contributed by atoms with Crippen molar-refractivity contribution in [3.05, 3.63) is 52.9 Å². The lowest BCUT2D eigenvalue weighted by Gasteiger charge is -2.07. The Balaban J connectivity index is 2.00. The van der Waals surface area contributed by atoms with Crippen LogP contribution in [0, 0.1) is 0 Å². The number of pyridine rings is 2. The minimum atomic E-state index is 0.518. The number of nitrogens with one attached hydrogen (secondary N) is 1. The number of aromatic nitrogens is 2. The Labute approximate surface area is 122 Å². The second-order valence-corrected chi connectivity index (χ2v) is 5.47. The van der Waals surface area contributed by atoms with Crippen LogP contribution in [-0.2, 0) is 6.42 Å². The summed E-state index contributed by atoms with van der Waals surface area (Å²) in [7, 11) is 0. The Morgan fingerprint density at radius 1 is 1.26 bits per heavy atom. The van der Waals surface area contributed by atoms with Gasteiger partial charge in [-0.2, -0.15) is 11.8 Å². The van der Waals surface area contributed by atoms with Crippen molar-refractivity contribution in [3.63, 3.8) is 0 Å². The third-order valence-corrected chi connectivity index (χ3v) is 3.43. The summed E-state index contributed by atoms with van der Waals surface area (Å²) < 4.78 is 0. The zero-order valence-corrected chi connectivity index (χ0v) is 12.3. The van der Waals surface area contributed by atoms with E-state index in [0.717, 1.165) is 35.8 Å². The highest BCUT2D eigenvalue weighted by atomic mass is 35.5. The molecule has 2 aromatic heterocycles. The van der Waals surface area contributed by atoms with Crippen LogP contribution in [0.2, 0.25) is 5.15 Å². The van der Waals surface area contributed by atoms with Gasteiger partial charge >= 0.3 is 0 Å². The Morgan fingerprint density at radius 3 is 2.89 bits per heavy atom. The van der Waals surface area contributed by atoms with Gasteiger partial charge < -0.3 is 5.32 Å². The third-order valence-electron chi connectivity index (χ3n) is 2.59. The fourth-order valence-corrected chi connectivity index (χ4v) is 2.10. The van der Waals surface area contributed by atoms with Gasteiger partial charge in [-0.25, -0.2) is 9.97 Å². The van der Waals surface area contributed by atoms with Gasteiger partial charge in [0.05, 0.1) is 0 Å². The summed E-state index contributed by atoms with van der Waals surface area (Å²) in [6.45, 7) is 0.931. The molecule has 3 nitrogen and oxygen atoms in total. The lowest BCUT2D eigenvalue weighted by Crippen LogP contribution is -2.06. The molecule has 0 aliphatic rings. The first-order valence-corrected chi connectivity index (χ1v) is 7.84. The highest BCUT2D eigenvalue weighted by molar-refractivity contribution is 7.98. The van der Waals surface area contributed by atoms with E-state index in [1.165, 1.54) is 0 Å². The number of nitrogens with zero attached hydrogens (tertiary/aromatic N) is 2. The molecule has 5 heteroatoms. The summed E-state index contributed by atoms with van der Waals surface area (Å²) >= 11 is 7.59. The van der Waals surface area contributed by atoms with Gasteiger partial charge in [-0.15, -0.1) is 0 Å². The van der Waals surface area contributed by atoms with Gasteiger partial charge in [-0.3, -0.25) is 0 Å². The summed E-state index contributed by atoms with van der Waals surface area (Å²) in [6, 6.07) is 9.81. The minimum absolute atomic E-state index is 0.518. The fraction of sp³-hybridized carbons (Fsp3) is 0.286. The molecule has 2 rings (SSSR count). The second kappa shape index (κ2) is 7.36. The summed E-state index contributed by atoms with van der Waals surface area (Å²) in [6.07, 6.45) is 4.65. The lowest BCUT2D eigenvalue weighted by atomic mass is 10.1. The molecule has 0 spiro atoms. The molecule has 0 amide bonds. The predicted molar refractivity (Wildman–Crippen MR) is 83.2 cm³/mol. The smallest absolute Gasteiger partial charge is 0.129 e. The first-order valence-electron chi connectivity index (χ1n) is 6.07. The molecule has 0 unspecified atom stereocenters. The van der Waals surface area contributed by atoms with Crippen LogP contribution >= 0.6 is 23.4 Å². The molecule has 0 radical (unpaired) electrons. The van der Waals surface area contributed by atoms with Crippen molar-refractivity contribution in [1.29, 1.82) is 0 Å². The van der Waals surface area contributed by atoms with E-state index in [1.807, 2.05) is 36.0 Å². The van der Waals surface area contributed by atoms with E-state index in [1.54, 1.807) is 12.3 Å². The minimum Gasteiger partial charge on any atom is -0.369 e. The van der Waals surface area contributed by atoms with Gasteiger partial charge in [0.2, 0.25) is 0 Å². The quantitative estimate of drug-likeness (QED) is 0.653. The Hall–Kier alpha value is -1.26. The number of rotatable bonds is 6. The monoisotopic (exact) mass is 293 g/mol. The van der Waals surface area contributed by atoms with Crippen LogP contribution in [0.4, 0.5) is 5.82 Å². The maximum absolute atomic E-state index is 5.77. The highest BCUT2D eigenvalue weighted by Gasteiger charge is 2.00. The first-order chi connectivity index (χ1) is 9.28. The van der Waals surface area contributed by atoms with Crippen LogP contribution in [0.3, 0.4) is 0 Å². The molecule has 0 saturated carbocycles. The molecule has 0 aliphatic carbocycles. The van der Waals surface area contributed by atoms with Gasteiger partial charge in [0, 0.05) is 30.6 Å². The van der Waals surface area contributed by atoms with Crippen molar-refractivity contribution in [2.24, 2.45) is 0 Å². The molecule has 0 saturated heterocycles. The van der Waals surface area contributed by atoms with Crippen molar-refractivity contribution >= 4 is 29.2 Å². The number of hydrogen-bond donors (Lipinski definition) is 1. The molecule has 100 valence electrons. The molecule has 0 aromatic carbocycles. The second-order valence-electron chi connectivity index (χ2n) is 4.10. The molecule has 0 aliphatic heterocycles. The average Bonchev–Trinajstić information content (AvgIpc) is 2.42. The third kappa shape index (κ3) is 4.73. The number of anilines is 1. The van der Waals surface area contributed by atoms with E-state index >= 15 is 0 Å². The molecule has 0 atom stereocenters. The van der Waals surface area contributed by atoms with Gasteiger partial charge in [0.15, 0.2) is 0 Å². The normalized spacial score (nSPS) is 10.4. The maximum Gasteiger partial charge on any atom is 0.129 e. The summed E-state index contributed by atoms with van der Waals surface area (Å²) in [5.41, 5.74) is 2.14. The standard InChI is InChI=1S/C14H16ClN3S/c1-19-8-7-16-14-4-2-3-12(18-14)9-11-5-6-13(15)17-10-11/h2-6,10H,7-9H2,1H3,(H,16,18). The van der Waals surface area contributed by atoms with Gasteiger partial charge in [0.25, 0.3) is 0 Å². The van der Waals surface area contributed by atoms with Crippen molar-refractivity contribution in [2.45, 2.75) is 6.42 Å². The Morgan fingerprint density at radius 2 is 2.16 bits per heavy atom. The zero-order valence-electron chi connectivity index (χ0n) is 10.8. The van der Waals surface area contributed by atoms with Crippen LogP contribution in [0.1, 0.15) is 11.3 Å². The van der Waals surface area contributed by atoms with E-state index in [0.29, 0.717) is 5.15 Å². The summed E-state index contributed by atoms with van der Waals surface area (Å²) in [5.74, 6) is 2.00. The van der Waals surface area contributed by atoms with E-state index < -0.39 is 0 Å². The summed E-state index contributed by atoms with van der Waals surface area (Å²) in [4.78, 5) is 8.66. The van der Waals surface area contributed by atoms with Gasteiger partial charge in [0.1, 0.15) is 11.0 Å². The predicted octanol–water partition coefficient (Wildman–Crippen LogP) is 3.50. The number of halogens is 1. The zero-order chi connectivity index (χ0) is 13.5. The van der Waals surface area contributed by atoms with Crippen LogP contribution in [0.15, 0.2) is 36.5 Å². The largest absolute Gasteiger partial charge is 0.369 e. The molecule has 19 heavy (non-hydrogen) atoms. The average molecular weight is 294 g/mol. The van der Waals surface area contributed by atoms with E-state index in [9.17, 15) is 0 Å². The van der Waals surface area contributed by atoms with Crippen LogP contribution in [0.25, 0.3) is 0 Å². The van der Waals surface area contributed by atoms with E-state index in [-0.39, 0.29) is 0 Å². The molecule has 1 N–H and O–H groups in total. The maximum atomic E-state index is 5.77. The van der Waals surface area contributed by atoms with E-state index in [4.69, 9.17) is 11.6 Å². The molecule has 0 bridgehead atoms. The lowest BCUT2D eigenvalue weighted by molar-refractivity contribution is 1.04. The SMILES string of the molecule is CSCCNc1cccc(Cc2ccc(Cl)nc2)n1. The molecule has 2 heterocycles. The van der Waals surface area contributed by atoms with Crippen molar-refractivity contribution in [1.82, 2.24) is 9.97 Å². The van der Waals surface area contributed by atoms with Gasteiger partial charge in [-0.05, 0) is 30.0 Å². The number of thioether (sulfide) groups is 1. The van der Waals surface area contributed by atoms with Crippen molar-refractivity contribution in [3.8, 4) is 0 Å². The Bertz CT molecular complexity index is 516. The van der Waals surface area contributed by atoms with Crippen LogP contribution in [-0.4, -0.2) is 28.5 Å². The van der Waals surface area contributed by atoms with Crippen LogP contribution in [0.5, 0.6) is 0 Å². The molecule has 0 fully saturated rings. The van der Waals surface area contributed by atoms with Crippen molar-refractivity contribution in [2.75, 3.05) is 23.9 Å². The highest BCUT2D eigenvalue weighted by Crippen LogP contribution is 2.12. The summed E-state index contributed by atoms with van der Waals surface area (Å²) in [5, 5.41) is 3.83.